The summed E-state index contributed by atoms with van der Waals surface area (Å²) in [6, 6.07) is 33.4. The lowest BCUT2D eigenvalue weighted by Gasteiger charge is -2.36. The van der Waals surface area contributed by atoms with Crippen LogP contribution >= 0.6 is 43.5 Å². The second-order valence-electron chi connectivity index (χ2n) is 12.6. The van der Waals surface area contributed by atoms with Crippen molar-refractivity contribution < 1.29 is 9.59 Å². The number of ketones is 2. The number of rotatable bonds is 2. The quantitative estimate of drug-likeness (QED) is 0.161. The first-order chi connectivity index (χ1) is 24.9. The van der Waals surface area contributed by atoms with E-state index in [1.54, 1.807) is 0 Å². The molecule has 3 aliphatic rings. The second kappa shape index (κ2) is 12.7. The van der Waals surface area contributed by atoms with Crippen molar-refractivity contribution >= 4 is 88.5 Å². The van der Waals surface area contributed by atoms with Gasteiger partial charge in [0.25, 0.3) is 0 Å². The molecule has 0 saturated carbocycles. The Hall–Kier alpha value is -4.96. The fourth-order valence-electron chi connectivity index (χ4n) is 7.39. The number of piperazine rings is 1. The van der Waals surface area contributed by atoms with Crippen LogP contribution in [0.2, 0.25) is 5.15 Å². The van der Waals surface area contributed by atoms with Gasteiger partial charge in [-0.3, -0.25) is 9.59 Å². The lowest BCUT2D eigenvalue weighted by atomic mass is 10.0. The van der Waals surface area contributed by atoms with Crippen LogP contribution in [0.5, 0.6) is 0 Å². The van der Waals surface area contributed by atoms with Crippen molar-refractivity contribution in [2.75, 3.05) is 36.0 Å². The standard InChI is InChI=1S/C25H19BrN4O.C16H7BrClNO/c26-16-8-9-20-19(15-16)22-17-5-1-2-6-18(17)24(31)23(22)25(28-20)30-13-11-29(12-14-30)21-7-3-4-10-27-21;17-8-5-6-12-11(7-8)13-9-3-1-2-4-10(9)15(20)14(13)16(18)19-12/h1-10,15H,11-14H2;1-7H. The average molecular weight is 816 g/mol. The lowest BCUT2D eigenvalue weighted by molar-refractivity contribution is 0.103. The summed E-state index contributed by atoms with van der Waals surface area (Å²) in [5.41, 5.74) is 8.24. The van der Waals surface area contributed by atoms with Crippen molar-refractivity contribution in [1.82, 2.24) is 15.0 Å². The fraction of sp³-hybridized carbons (Fsp3) is 0.0976. The van der Waals surface area contributed by atoms with Gasteiger partial charge in [0.2, 0.25) is 0 Å². The van der Waals surface area contributed by atoms with Crippen molar-refractivity contribution in [1.29, 1.82) is 0 Å². The van der Waals surface area contributed by atoms with E-state index in [1.165, 1.54) is 0 Å². The van der Waals surface area contributed by atoms with Crippen LogP contribution in [0.25, 0.3) is 44.1 Å². The molecule has 10 heteroatoms. The molecule has 0 bridgehead atoms. The molecule has 0 N–H and O–H groups in total. The van der Waals surface area contributed by atoms with Crippen LogP contribution in [0.1, 0.15) is 31.8 Å². The third-order valence-corrected chi connectivity index (χ3v) is 11.0. The Balaban J connectivity index is 0.000000150. The van der Waals surface area contributed by atoms with Gasteiger partial charge in [-0.25, -0.2) is 15.0 Å². The third-order valence-electron chi connectivity index (χ3n) is 9.72. The van der Waals surface area contributed by atoms with Crippen LogP contribution in [0.4, 0.5) is 11.6 Å². The van der Waals surface area contributed by atoms with Gasteiger partial charge < -0.3 is 9.80 Å². The van der Waals surface area contributed by atoms with Gasteiger partial charge in [0, 0.05) is 74.3 Å². The van der Waals surface area contributed by atoms with Gasteiger partial charge in [0.05, 0.1) is 22.2 Å². The molecule has 7 nitrogen and oxygen atoms in total. The number of carbonyl (C=O) groups excluding carboxylic acids is 2. The predicted octanol–water partition coefficient (Wildman–Crippen LogP) is 9.79. The van der Waals surface area contributed by atoms with Crippen LogP contribution in [0, 0.1) is 0 Å². The number of anilines is 2. The molecule has 0 atom stereocenters. The number of aromatic nitrogens is 3. The van der Waals surface area contributed by atoms with E-state index in [-0.39, 0.29) is 16.7 Å². The van der Waals surface area contributed by atoms with E-state index in [4.69, 9.17) is 16.6 Å². The Labute approximate surface area is 315 Å². The molecule has 51 heavy (non-hydrogen) atoms. The van der Waals surface area contributed by atoms with Gasteiger partial charge in [-0.2, -0.15) is 0 Å². The molecule has 0 radical (unpaired) electrons. The van der Waals surface area contributed by atoms with Crippen molar-refractivity contribution in [2.24, 2.45) is 0 Å². The molecule has 4 heterocycles. The van der Waals surface area contributed by atoms with Gasteiger partial charge in [0.15, 0.2) is 11.6 Å². The molecule has 10 rings (SSSR count). The summed E-state index contributed by atoms with van der Waals surface area (Å²) < 4.78 is 1.94. The largest absolute Gasteiger partial charge is 0.353 e. The minimum atomic E-state index is -0.0463. The van der Waals surface area contributed by atoms with E-state index in [9.17, 15) is 9.59 Å². The minimum Gasteiger partial charge on any atom is -0.353 e. The van der Waals surface area contributed by atoms with Crippen LogP contribution in [-0.2, 0) is 0 Å². The zero-order valence-corrected chi connectivity index (χ0v) is 30.8. The number of halogens is 3. The monoisotopic (exact) mass is 813 g/mol. The Morgan fingerprint density at radius 3 is 1.65 bits per heavy atom. The molecule has 1 fully saturated rings. The van der Waals surface area contributed by atoms with Crippen LogP contribution in [-0.4, -0.2) is 52.7 Å². The Kier molecular flexibility index (Phi) is 7.94. The first-order valence-electron chi connectivity index (χ1n) is 16.5. The summed E-state index contributed by atoms with van der Waals surface area (Å²) in [5, 5.41) is 2.23. The van der Waals surface area contributed by atoms with Crippen LogP contribution in [0.3, 0.4) is 0 Å². The minimum absolute atomic E-state index is 0.0463. The summed E-state index contributed by atoms with van der Waals surface area (Å²) in [7, 11) is 0. The summed E-state index contributed by atoms with van der Waals surface area (Å²) in [6.45, 7) is 3.27. The molecule has 2 aliphatic carbocycles. The first-order valence-corrected chi connectivity index (χ1v) is 18.4. The maximum absolute atomic E-state index is 13.5. The number of carbonyl (C=O) groups is 2. The Bertz CT molecular complexity index is 2590. The number of hydrogen-bond acceptors (Lipinski definition) is 7. The van der Waals surface area contributed by atoms with Crippen molar-refractivity contribution in [2.45, 2.75) is 0 Å². The highest BCUT2D eigenvalue weighted by molar-refractivity contribution is 9.10. The van der Waals surface area contributed by atoms with Crippen LogP contribution in [0.15, 0.2) is 118 Å². The maximum atomic E-state index is 13.5. The highest BCUT2D eigenvalue weighted by Crippen LogP contribution is 2.46. The van der Waals surface area contributed by atoms with E-state index in [2.05, 4.69) is 57.7 Å². The molecule has 1 saturated heterocycles. The number of pyridine rings is 3. The lowest BCUT2D eigenvalue weighted by Crippen LogP contribution is -2.47. The Morgan fingerprint density at radius 1 is 0.549 bits per heavy atom. The fourth-order valence-corrected chi connectivity index (χ4v) is 8.39. The summed E-state index contributed by atoms with van der Waals surface area (Å²) >= 11 is 13.3. The van der Waals surface area contributed by atoms with Crippen LogP contribution < -0.4 is 9.80 Å². The van der Waals surface area contributed by atoms with Gasteiger partial charge in [-0.1, -0.05) is 98.1 Å². The van der Waals surface area contributed by atoms with Crippen molar-refractivity contribution in [3.05, 3.63) is 146 Å². The maximum Gasteiger partial charge on any atom is 0.198 e. The van der Waals surface area contributed by atoms with Gasteiger partial charge >= 0.3 is 0 Å². The SMILES string of the molecule is O=C1c2ccccc2-c2c1c(Cl)nc1ccc(Br)cc21.O=C1c2ccccc2-c2c1c(N1CCN(c3ccccn3)CC1)nc1ccc(Br)cc21. The summed E-state index contributed by atoms with van der Waals surface area (Å²) in [5.74, 6) is 1.82. The first kappa shape index (κ1) is 32.0. The number of hydrogen-bond donors (Lipinski definition) is 0. The molecule has 3 aromatic heterocycles. The van der Waals surface area contributed by atoms with Gasteiger partial charge in [-0.15, -0.1) is 0 Å². The van der Waals surface area contributed by atoms with E-state index < -0.39 is 0 Å². The highest BCUT2D eigenvalue weighted by atomic mass is 79.9. The smallest absolute Gasteiger partial charge is 0.198 e. The molecule has 0 spiro atoms. The number of benzene rings is 4. The molecule has 0 amide bonds. The summed E-state index contributed by atoms with van der Waals surface area (Å²) in [4.78, 5) is 44.3. The van der Waals surface area contributed by atoms with E-state index in [0.717, 1.165) is 102 Å². The number of nitrogens with zero attached hydrogens (tertiary/aromatic N) is 5. The Morgan fingerprint density at radius 2 is 1.06 bits per heavy atom. The van der Waals surface area contributed by atoms with Crippen molar-refractivity contribution in [3.8, 4) is 22.3 Å². The topological polar surface area (TPSA) is 79.3 Å². The molecule has 1 aliphatic heterocycles. The molecule has 4 aromatic carbocycles. The normalized spacial score (nSPS) is 14.3. The number of fused-ring (bicyclic) bond motifs is 10. The average Bonchev–Trinajstić information content (AvgIpc) is 3.64. The molecular weight excluding hydrogens is 790 g/mol. The zero-order valence-electron chi connectivity index (χ0n) is 26.9. The predicted molar refractivity (Wildman–Crippen MR) is 210 cm³/mol. The highest BCUT2D eigenvalue weighted by Gasteiger charge is 2.35. The zero-order chi connectivity index (χ0) is 34.8. The second-order valence-corrected chi connectivity index (χ2v) is 14.8. The van der Waals surface area contributed by atoms with E-state index in [1.807, 2.05) is 103 Å². The molecule has 0 unspecified atom stereocenters. The van der Waals surface area contributed by atoms with E-state index >= 15 is 0 Å². The third kappa shape index (κ3) is 5.34. The summed E-state index contributed by atoms with van der Waals surface area (Å²) in [6.07, 6.45) is 1.83. The van der Waals surface area contributed by atoms with Gasteiger partial charge in [-0.05, 0) is 59.7 Å². The molecule has 7 aromatic rings. The van der Waals surface area contributed by atoms with E-state index in [0.29, 0.717) is 11.1 Å². The molecular formula is C41H26Br2ClN5O2. The molecule has 248 valence electrons. The van der Waals surface area contributed by atoms with Crippen molar-refractivity contribution in [3.63, 3.8) is 0 Å². The van der Waals surface area contributed by atoms with Gasteiger partial charge in [0.1, 0.15) is 16.8 Å².